The first-order chi connectivity index (χ1) is 15.2. The molecule has 0 saturated heterocycles. The molecule has 0 radical (unpaired) electrons. The van der Waals surface area contributed by atoms with E-state index in [1.54, 1.807) is 6.26 Å². The highest BCUT2D eigenvalue weighted by Crippen LogP contribution is 2.40. The third-order valence-electron chi connectivity index (χ3n) is 6.07. The number of hydrogen-bond acceptors (Lipinski definition) is 5. The maximum Gasteiger partial charge on any atom is 0.310 e. The Morgan fingerprint density at radius 2 is 1.97 bits per heavy atom. The first kappa shape index (κ1) is 22.1. The van der Waals surface area contributed by atoms with E-state index in [4.69, 9.17) is 14.2 Å². The van der Waals surface area contributed by atoms with Gasteiger partial charge in [-0.25, -0.2) is 0 Å². The Balaban J connectivity index is 1.36. The lowest BCUT2D eigenvalue weighted by Crippen LogP contribution is -2.46. The maximum absolute atomic E-state index is 11.8. The number of nitrogens with one attached hydrogen (secondary N) is 1. The van der Waals surface area contributed by atoms with Crippen LogP contribution in [0.4, 0.5) is 0 Å². The van der Waals surface area contributed by atoms with Gasteiger partial charge in [-0.3, -0.25) is 4.79 Å². The van der Waals surface area contributed by atoms with Gasteiger partial charge in [0.15, 0.2) is 0 Å². The van der Waals surface area contributed by atoms with Crippen molar-refractivity contribution in [3.8, 4) is 11.5 Å². The van der Waals surface area contributed by atoms with Gasteiger partial charge < -0.3 is 24.6 Å². The summed E-state index contributed by atoms with van der Waals surface area (Å²) in [6.45, 7) is 8.50. The van der Waals surface area contributed by atoms with Crippen LogP contribution in [0.25, 0.3) is 0 Å². The molecule has 2 aliphatic heterocycles. The lowest BCUT2D eigenvalue weighted by molar-refractivity contribution is -0.148. The second kappa shape index (κ2) is 8.41. The van der Waals surface area contributed by atoms with E-state index in [2.05, 4.69) is 5.32 Å². The molecule has 32 heavy (non-hydrogen) atoms. The molecular weight excluding hydrogens is 406 g/mol. The van der Waals surface area contributed by atoms with Crippen LogP contribution in [0.3, 0.4) is 0 Å². The van der Waals surface area contributed by atoms with Gasteiger partial charge in [-0.15, -0.1) is 0 Å². The standard InChI is InChI=1S/C26H31NO5/c1-25(2,3)23-21(24(28)29)14-17-10-11-20(15-22(17)32-23)30-13-12-19-16-31-26(4,27-19)18-8-6-5-7-9-18/h5-11,15-16,21,23,27H,12-14H2,1-4H3,(H,28,29)/t21?,23?,26-/m0/s1. The Hall–Kier alpha value is -3.15. The average Bonchev–Trinajstić information content (AvgIpc) is 3.15. The second-order valence-electron chi connectivity index (χ2n) is 9.71. The molecule has 0 saturated carbocycles. The van der Waals surface area contributed by atoms with Crippen LogP contribution in [0, 0.1) is 11.3 Å². The van der Waals surface area contributed by atoms with Crippen LogP contribution < -0.4 is 14.8 Å². The van der Waals surface area contributed by atoms with E-state index in [1.807, 2.05) is 76.2 Å². The Bertz CT molecular complexity index is 1010. The van der Waals surface area contributed by atoms with Crippen molar-refractivity contribution in [1.29, 1.82) is 0 Å². The summed E-state index contributed by atoms with van der Waals surface area (Å²) in [5.74, 6) is 0.0279. The minimum absolute atomic E-state index is 0.288. The summed E-state index contributed by atoms with van der Waals surface area (Å²) >= 11 is 0. The molecule has 170 valence electrons. The van der Waals surface area contributed by atoms with E-state index in [1.165, 1.54) is 0 Å². The predicted octanol–water partition coefficient (Wildman–Crippen LogP) is 4.84. The van der Waals surface area contributed by atoms with E-state index >= 15 is 0 Å². The second-order valence-corrected chi connectivity index (χ2v) is 9.71. The molecule has 0 aliphatic carbocycles. The molecule has 2 heterocycles. The van der Waals surface area contributed by atoms with Crippen molar-refractivity contribution in [3.63, 3.8) is 0 Å². The first-order valence-corrected chi connectivity index (χ1v) is 11.0. The molecule has 0 bridgehead atoms. The lowest BCUT2D eigenvalue weighted by atomic mass is 9.77. The summed E-state index contributed by atoms with van der Waals surface area (Å²) in [6, 6.07) is 15.7. The zero-order valence-electron chi connectivity index (χ0n) is 19.1. The number of hydrogen-bond donors (Lipinski definition) is 2. The minimum atomic E-state index is -0.821. The van der Waals surface area contributed by atoms with Crippen molar-refractivity contribution >= 4 is 5.97 Å². The van der Waals surface area contributed by atoms with Gasteiger partial charge in [0.05, 0.1) is 18.2 Å². The van der Waals surface area contributed by atoms with Gasteiger partial charge in [-0.2, -0.15) is 0 Å². The van der Waals surface area contributed by atoms with Crippen LogP contribution in [0.2, 0.25) is 0 Å². The van der Waals surface area contributed by atoms with Crippen molar-refractivity contribution in [3.05, 3.63) is 71.6 Å². The average molecular weight is 438 g/mol. The highest BCUT2D eigenvalue weighted by atomic mass is 16.5. The summed E-state index contributed by atoms with van der Waals surface area (Å²) in [4.78, 5) is 11.8. The molecule has 0 fully saturated rings. The third-order valence-corrected chi connectivity index (χ3v) is 6.07. The molecule has 3 atom stereocenters. The van der Waals surface area contributed by atoms with Crippen molar-refractivity contribution < 1.29 is 24.1 Å². The number of carbonyl (C=O) groups is 1. The molecule has 0 amide bonds. The van der Waals surface area contributed by atoms with Gasteiger partial charge in [0.25, 0.3) is 0 Å². The number of ether oxygens (including phenoxy) is 3. The summed E-state index contributed by atoms with van der Waals surface area (Å²) < 4.78 is 18.0. The topological polar surface area (TPSA) is 77.0 Å². The Morgan fingerprint density at radius 1 is 1.22 bits per heavy atom. The Kier molecular flexibility index (Phi) is 5.80. The normalized spacial score (nSPS) is 24.4. The van der Waals surface area contributed by atoms with E-state index in [-0.39, 0.29) is 5.41 Å². The van der Waals surface area contributed by atoms with Crippen LogP contribution in [-0.4, -0.2) is 23.8 Å². The molecule has 2 aromatic carbocycles. The van der Waals surface area contributed by atoms with Crippen LogP contribution in [0.15, 0.2) is 60.5 Å². The highest BCUT2D eigenvalue weighted by molar-refractivity contribution is 5.72. The number of carboxylic acid groups (broad SMARTS) is 1. The monoisotopic (exact) mass is 437 g/mol. The zero-order chi connectivity index (χ0) is 22.9. The van der Waals surface area contributed by atoms with Crippen LogP contribution in [-0.2, 0) is 21.7 Å². The number of carboxylic acids is 1. The summed E-state index contributed by atoms with van der Waals surface area (Å²) in [5.41, 5.74) is 2.08. The zero-order valence-corrected chi connectivity index (χ0v) is 19.1. The predicted molar refractivity (Wildman–Crippen MR) is 121 cm³/mol. The largest absolute Gasteiger partial charge is 0.493 e. The number of aliphatic carboxylic acids is 1. The molecule has 2 aliphatic rings. The van der Waals surface area contributed by atoms with E-state index in [9.17, 15) is 9.90 Å². The fraction of sp³-hybridized carbons (Fsp3) is 0.423. The van der Waals surface area contributed by atoms with Crippen molar-refractivity contribution in [2.75, 3.05) is 6.61 Å². The number of fused-ring (bicyclic) bond motifs is 1. The Morgan fingerprint density at radius 3 is 2.66 bits per heavy atom. The van der Waals surface area contributed by atoms with E-state index < -0.39 is 23.7 Å². The maximum atomic E-state index is 11.8. The summed E-state index contributed by atoms with van der Waals surface area (Å²) in [5, 5.41) is 13.1. The summed E-state index contributed by atoms with van der Waals surface area (Å²) in [7, 11) is 0. The Labute approximate surface area is 189 Å². The molecular formula is C26H31NO5. The molecule has 4 rings (SSSR count). The third kappa shape index (κ3) is 4.54. The van der Waals surface area contributed by atoms with Gasteiger partial charge >= 0.3 is 5.97 Å². The van der Waals surface area contributed by atoms with E-state index in [0.29, 0.717) is 30.9 Å². The molecule has 6 heteroatoms. The molecule has 2 N–H and O–H groups in total. The molecule has 2 unspecified atom stereocenters. The fourth-order valence-electron chi connectivity index (χ4n) is 4.31. The number of rotatable bonds is 6. The van der Waals surface area contributed by atoms with Gasteiger partial charge in [-0.1, -0.05) is 57.2 Å². The van der Waals surface area contributed by atoms with Crippen molar-refractivity contribution in [2.24, 2.45) is 11.3 Å². The van der Waals surface area contributed by atoms with Crippen molar-refractivity contribution in [2.45, 2.75) is 52.4 Å². The van der Waals surface area contributed by atoms with Crippen LogP contribution in [0.5, 0.6) is 11.5 Å². The van der Waals surface area contributed by atoms with Crippen LogP contribution in [0.1, 0.15) is 45.2 Å². The molecule has 0 aromatic heterocycles. The summed E-state index contributed by atoms with van der Waals surface area (Å²) in [6.07, 6.45) is 2.49. The van der Waals surface area contributed by atoms with Gasteiger partial charge in [0.1, 0.15) is 23.9 Å². The SMILES string of the molecule is CC(C)(C)C1Oc2cc(OCCC3=CO[C@@](C)(c4ccccc4)N3)ccc2CC1C(=O)O. The minimum Gasteiger partial charge on any atom is -0.493 e. The molecule has 2 aromatic rings. The molecule has 0 spiro atoms. The van der Waals surface area contributed by atoms with Crippen LogP contribution >= 0.6 is 0 Å². The van der Waals surface area contributed by atoms with Gasteiger partial charge in [0, 0.05) is 18.1 Å². The quantitative estimate of drug-likeness (QED) is 0.673. The van der Waals surface area contributed by atoms with Crippen molar-refractivity contribution in [1.82, 2.24) is 5.32 Å². The fourth-order valence-corrected chi connectivity index (χ4v) is 4.31. The van der Waals surface area contributed by atoms with Gasteiger partial charge in [0.2, 0.25) is 5.72 Å². The first-order valence-electron chi connectivity index (χ1n) is 11.0. The molecule has 6 nitrogen and oxygen atoms in total. The number of benzene rings is 2. The van der Waals surface area contributed by atoms with E-state index in [0.717, 1.165) is 16.8 Å². The van der Waals surface area contributed by atoms with Gasteiger partial charge in [-0.05, 0) is 30.4 Å². The highest BCUT2D eigenvalue weighted by Gasteiger charge is 2.42. The lowest BCUT2D eigenvalue weighted by Gasteiger charge is -2.39. The smallest absolute Gasteiger partial charge is 0.310 e.